The van der Waals surface area contributed by atoms with Gasteiger partial charge in [0.2, 0.25) is 0 Å². The molecule has 0 bridgehead atoms. The van der Waals surface area contributed by atoms with Gasteiger partial charge in [0, 0.05) is 22.6 Å². The lowest BCUT2D eigenvalue weighted by Gasteiger charge is -2.25. The van der Waals surface area contributed by atoms with Crippen LogP contribution >= 0.6 is 0 Å². The maximum atomic E-state index is 3.08. The summed E-state index contributed by atoms with van der Waals surface area (Å²) in [5.41, 5.74) is 4.44. The molecule has 0 amide bonds. The second-order valence-corrected chi connectivity index (χ2v) is 4.93. The molecule has 0 aliphatic carbocycles. The van der Waals surface area contributed by atoms with E-state index in [1.165, 1.54) is 0 Å². The molecule has 0 heterocycles. The van der Waals surface area contributed by atoms with Crippen molar-refractivity contribution in [2.45, 2.75) is 14.4 Å². The van der Waals surface area contributed by atoms with Gasteiger partial charge in [-0.05, 0) is 55.5 Å². The molecule has 3 rings (SSSR count). The van der Waals surface area contributed by atoms with Crippen LogP contribution in [0.25, 0.3) is 0 Å². The molecule has 0 atom stereocenters. The van der Waals surface area contributed by atoms with Crippen LogP contribution in [0, 0.1) is 11.8 Å². The summed E-state index contributed by atoms with van der Waals surface area (Å²) < 4.78 is 0. The molecule has 0 unspecified atom stereocenters. The van der Waals surface area contributed by atoms with Gasteiger partial charge in [-0.2, -0.15) is 0 Å². The average molecular weight is 299 g/mol. The van der Waals surface area contributed by atoms with Crippen LogP contribution in [0.1, 0.15) is 19.9 Å². The minimum Gasteiger partial charge on any atom is -0.311 e. The first-order valence-corrected chi connectivity index (χ1v) is 7.31. The lowest BCUT2D eigenvalue weighted by molar-refractivity contribution is 1.28. The number of anilines is 3. The lowest BCUT2D eigenvalue weighted by Crippen LogP contribution is -2.09. The molecule has 0 saturated heterocycles. The van der Waals surface area contributed by atoms with Crippen LogP contribution in [0.3, 0.4) is 0 Å². The van der Waals surface area contributed by atoms with Gasteiger partial charge in [-0.15, -0.1) is 5.92 Å². The average Bonchev–Trinajstić information content (AvgIpc) is 2.59. The Balaban J connectivity index is 0.00000192. The molecular formula is C22H21N. The van der Waals surface area contributed by atoms with Crippen molar-refractivity contribution in [1.82, 2.24) is 0 Å². The van der Waals surface area contributed by atoms with Crippen LogP contribution in [-0.4, -0.2) is 0 Å². The third kappa shape index (κ3) is 3.81. The highest BCUT2D eigenvalue weighted by Gasteiger charge is 2.10. The van der Waals surface area contributed by atoms with Gasteiger partial charge in [0.25, 0.3) is 0 Å². The highest BCUT2D eigenvalue weighted by molar-refractivity contribution is 5.76. The first kappa shape index (κ1) is 16.4. The first-order valence-electron chi connectivity index (χ1n) is 7.31. The molecular weight excluding hydrogens is 278 g/mol. The molecule has 0 N–H and O–H groups in total. The SMILES string of the molecule is C.CC#Cc1ccc(N(c2ccccc2)c2ccccc2)cc1. The van der Waals surface area contributed by atoms with Crippen LogP contribution < -0.4 is 4.90 Å². The van der Waals surface area contributed by atoms with Crippen LogP contribution in [0.5, 0.6) is 0 Å². The molecule has 3 aromatic carbocycles. The van der Waals surface area contributed by atoms with E-state index < -0.39 is 0 Å². The maximum absolute atomic E-state index is 3.08. The second kappa shape index (κ2) is 7.87. The van der Waals surface area contributed by atoms with E-state index in [0.717, 1.165) is 22.6 Å². The third-order valence-corrected chi connectivity index (χ3v) is 3.42. The van der Waals surface area contributed by atoms with E-state index >= 15 is 0 Å². The minimum absolute atomic E-state index is 0. The Morgan fingerprint density at radius 3 is 1.48 bits per heavy atom. The zero-order valence-corrected chi connectivity index (χ0v) is 12.5. The second-order valence-electron chi connectivity index (χ2n) is 4.93. The van der Waals surface area contributed by atoms with Crippen molar-refractivity contribution >= 4 is 17.1 Å². The maximum Gasteiger partial charge on any atom is 0.0462 e. The topological polar surface area (TPSA) is 3.24 Å². The number of para-hydroxylation sites is 2. The number of benzene rings is 3. The van der Waals surface area contributed by atoms with Crippen molar-refractivity contribution in [3.63, 3.8) is 0 Å². The van der Waals surface area contributed by atoms with Crippen LogP contribution in [0.4, 0.5) is 17.1 Å². The number of hydrogen-bond acceptors (Lipinski definition) is 1. The van der Waals surface area contributed by atoms with Crippen LogP contribution in [0.15, 0.2) is 84.9 Å². The number of hydrogen-bond donors (Lipinski definition) is 0. The zero-order chi connectivity index (χ0) is 15.2. The van der Waals surface area contributed by atoms with E-state index in [2.05, 4.69) is 89.5 Å². The van der Waals surface area contributed by atoms with E-state index in [-0.39, 0.29) is 7.43 Å². The molecule has 0 aliphatic rings. The summed E-state index contributed by atoms with van der Waals surface area (Å²) in [7, 11) is 0. The van der Waals surface area contributed by atoms with Gasteiger partial charge < -0.3 is 4.90 Å². The van der Waals surface area contributed by atoms with Crippen LogP contribution in [-0.2, 0) is 0 Å². The molecule has 0 radical (unpaired) electrons. The molecule has 1 heteroatoms. The molecule has 0 saturated carbocycles. The Bertz CT molecular complexity index is 739. The highest BCUT2D eigenvalue weighted by Crippen LogP contribution is 2.33. The lowest BCUT2D eigenvalue weighted by atomic mass is 10.1. The highest BCUT2D eigenvalue weighted by atomic mass is 15.1. The van der Waals surface area contributed by atoms with Gasteiger partial charge in [-0.1, -0.05) is 49.7 Å². The summed E-state index contributed by atoms with van der Waals surface area (Å²) in [6.07, 6.45) is 0. The van der Waals surface area contributed by atoms with Crippen molar-refractivity contribution in [3.05, 3.63) is 90.5 Å². The van der Waals surface area contributed by atoms with E-state index in [9.17, 15) is 0 Å². The van der Waals surface area contributed by atoms with E-state index in [0.29, 0.717) is 0 Å². The van der Waals surface area contributed by atoms with E-state index in [1.807, 2.05) is 19.1 Å². The normalized spacial score (nSPS) is 9.26. The molecule has 114 valence electrons. The summed E-state index contributed by atoms with van der Waals surface area (Å²) in [6.45, 7) is 1.86. The van der Waals surface area contributed by atoms with Crippen molar-refractivity contribution in [3.8, 4) is 11.8 Å². The van der Waals surface area contributed by atoms with Gasteiger partial charge >= 0.3 is 0 Å². The quantitative estimate of drug-likeness (QED) is 0.523. The van der Waals surface area contributed by atoms with E-state index in [4.69, 9.17) is 0 Å². The standard InChI is InChI=1S/C21H17N.CH4/c1-2-9-18-14-16-21(17-15-18)22(19-10-5-3-6-11-19)20-12-7-4-8-13-20;/h3-8,10-17H,1H3;1H4. The van der Waals surface area contributed by atoms with Gasteiger partial charge in [-0.25, -0.2) is 0 Å². The van der Waals surface area contributed by atoms with Crippen molar-refractivity contribution in [1.29, 1.82) is 0 Å². The van der Waals surface area contributed by atoms with Gasteiger partial charge in [0.1, 0.15) is 0 Å². The summed E-state index contributed by atoms with van der Waals surface area (Å²) in [6, 6.07) is 29.1. The Morgan fingerprint density at radius 1 is 0.609 bits per heavy atom. The molecule has 23 heavy (non-hydrogen) atoms. The van der Waals surface area contributed by atoms with Crippen molar-refractivity contribution in [2.75, 3.05) is 4.90 Å². The first-order chi connectivity index (χ1) is 10.9. The third-order valence-electron chi connectivity index (χ3n) is 3.42. The minimum atomic E-state index is 0. The molecule has 3 aromatic rings. The molecule has 1 nitrogen and oxygen atoms in total. The zero-order valence-electron chi connectivity index (χ0n) is 12.5. The monoisotopic (exact) mass is 299 g/mol. The fourth-order valence-corrected chi connectivity index (χ4v) is 2.44. The number of rotatable bonds is 3. The van der Waals surface area contributed by atoms with E-state index in [1.54, 1.807) is 0 Å². The molecule has 0 aliphatic heterocycles. The summed E-state index contributed by atoms with van der Waals surface area (Å²) in [5.74, 6) is 6.02. The Labute approximate surface area is 139 Å². The number of nitrogens with zero attached hydrogens (tertiary/aromatic N) is 1. The Kier molecular flexibility index (Phi) is 5.61. The van der Waals surface area contributed by atoms with Crippen molar-refractivity contribution in [2.24, 2.45) is 0 Å². The summed E-state index contributed by atoms with van der Waals surface area (Å²) in [5, 5.41) is 0. The Hall–Kier alpha value is -2.98. The van der Waals surface area contributed by atoms with Gasteiger partial charge in [-0.3, -0.25) is 0 Å². The summed E-state index contributed by atoms with van der Waals surface area (Å²) >= 11 is 0. The Morgan fingerprint density at radius 2 is 1.04 bits per heavy atom. The summed E-state index contributed by atoms with van der Waals surface area (Å²) in [4.78, 5) is 2.24. The molecule has 0 fully saturated rings. The van der Waals surface area contributed by atoms with Crippen molar-refractivity contribution < 1.29 is 0 Å². The fraction of sp³-hybridized carbons (Fsp3) is 0.0909. The van der Waals surface area contributed by atoms with Gasteiger partial charge in [0.05, 0.1) is 0 Å². The molecule has 0 spiro atoms. The molecule has 0 aromatic heterocycles. The van der Waals surface area contributed by atoms with Crippen LogP contribution in [0.2, 0.25) is 0 Å². The predicted molar refractivity (Wildman–Crippen MR) is 100 cm³/mol. The fourth-order valence-electron chi connectivity index (χ4n) is 2.44. The smallest absolute Gasteiger partial charge is 0.0462 e. The largest absolute Gasteiger partial charge is 0.311 e. The van der Waals surface area contributed by atoms with Gasteiger partial charge in [0.15, 0.2) is 0 Å². The predicted octanol–water partition coefficient (Wildman–Crippen LogP) is 6.16.